The molecule has 19 heavy (non-hydrogen) atoms. The number of carbonyl (C=O) groups excluding carboxylic acids is 1. The fraction of sp³-hybridized carbons (Fsp3) is 0.273. The molecule has 0 bridgehead atoms. The van der Waals surface area contributed by atoms with Gasteiger partial charge in [0.1, 0.15) is 5.69 Å². The molecule has 1 aromatic rings. The predicted octanol–water partition coefficient (Wildman–Crippen LogP) is 0.970. The van der Waals surface area contributed by atoms with Gasteiger partial charge >= 0.3 is 5.97 Å². The smallest absolute Gasteiger partial charge is 0.335 e. The predicted molar refractivity (Wildman–Crippen MR) is 67.0 cm³/mol. The normalized spacial score (nSPS) is 9.95. The van der Waals surface area contributed by atoms with Crippen molar-refractivity contribution >= 4 is 23.3 Å². The molecule has 1 rings (SSSR count). The monoisotopic (exact) mass is 267 g/mol. The number of benzene rings is 1. The number of amides is 1. The summed E-state index contributed by atoms with van der Waals surface area (Å²) in [7, 11) is 0. The van der Waals surface area contributed by atoms with Crippen molar-refractivity contribution in [3.05, 3.63) is 33.9 Å². The first kappa shape index (κ1) is 14.6. The zero-order chi connectivity index (χ0) is 14.4. The van der Waals surface area contributed by atoms with E-state index in [1.807, 2.05) is 0 Å². The van der Waals surface area contributed by atoms with Gasteiger partial charge in [-0.15, -0.1) is 0 Å². The number of anilines is 1. The van der Waals surface area contributed by atoms with Crippen LogP contribution in [0.25, 0.3) is 0 Å². The molecule has 1 aromatic carbocycles. The Balaban J connectivity index is 2.97. The fourth-order valence-corrected chi connectivity index (χ4v) is 1.40. The first-order valence-corrected chi connectivity index (χ1v) is 5.47. The number of carbonyl (C=O) groups is 2. The highest BCUT2D eigenvalue weighted by atomic mass is 16.6. The number of hydrogen-bond donors (Lipinski definition) is 3. The second-order valence-corrected chi connectivity index (χ2v) is 3.73. The van der Waals surface area contributed by atoms with Crippen molar-refractivity contribution in [3.8, 4) is 0 Å². The molecule has 4 N–H and O–H groups in total. The molecule has 0 unspecified atom stereocenters. The summed E-state index contributed by atoms with van der Waals surface area (Å²) in [5.74, 6) is -1.68. The lowest BCUT2D eigenvalue weighted by atomic mass is 10.1. The Morgan fingerprint density at radius 3 is 2.63 bits per heavy atom. The number of nitrogens with one attached hydrogen (secondary N) is 1. The maximum atomic E-state index is 11.5. The summed E-state index contributed by atoms with van der Waals surface area (Å²) in [6, 6.07) is 3.29. The van der Waals surface area contributed by atoms with Crippen molar-refractivity contribution in [3.63, 3.8) is 0 Å². The van der Waals surface area contributed by atoms with Crippen LogP contribution >= 0.6 is 0 Å². The van der Waals surface area contributed by atoms with Gasteiger partial charge in [0.15, 0.2) is 0 Å². The number of carboxylic acids is 1. The van der Waals surface area contributed by atoms with Gasteiger partial charge in [0.25, 0.3) is 5.69 Å². The molecule has 8 heteroatoms. The van der Waals surface area contributed by atoms with Crippen molar-refractivity contribution in [1.29, 1.82) is 0 Å². The van der Waals surface area contributed by atoms with Crippen LogP contribution in [0.3, 0.4) is 0 Å². The molecule has 0 aliphatic rings. The quantitative estimate of drug-likeness (QED) is 0.519. The van der Waals surface area contributed by atoms with E-state index < -0.39 is 22.5 Å². The van der Waals surface area contributed by atoms with Gasteiger partial charge in [0, 0.05) is 12.5 Å². The lowest BCUT2D eigenvalue weighted by Crippen LogP contribution is -2.14. The fourth-order valence-electron chi connectivity index (χ4n) is 1.40. The summed E-state index contributed by atoms with van der Waals surface area (Å²) in [5, 5.41) is 22.0. The highest BCUT2D eigenvalue weighted by Crippen LogP contribution is 2.25. The molecule has 0 aromatic heterocycles. The van der Waals surface area contributed by atoms with E-state index in [4.69, 9.17) is 10.8 Å². The van der Waals surface area contributed by atoms with Crippen molar-refractivity contribution in [2.24, 2.45) is 5.73 Å². The van der Waals surface area contributed by atoms with E-state index in [0.29, 0.717) is 13.0 Å². The molecular weight excluding hydrogens is 254 g/mol. The van der Waals surface area contributed by atoms with Gasteiger partial charge in [-0.3, -0.25) is 14.9 Å². The minimum Gasteiger partial charge on any atom is -0.478 e. The van der Waals surface area contributed by atoms with Crippen molar-refractivity contribution in [1.82, 2.24) is 0 Å². The van der Waals surface area contributed by atoms with Crippen LogP contribution in [0.2, 0.25) is 0 Å². The Labute approximate surface area is 108 Å². The van der Waals surface area contributed by atoms with E-state index in [0.717, 1.165) is 6.07 Å². The van der Waals surface area contributed by atoms with Crippen LogP contribution < -0.4 is 11.1 Å². The van der Waals surface area contributed by atoms with E-state index in [2.05, 4.69) is 5.32 Å². The van der Waals surface area contributed by atoms with Crippen LogP contribution in [0.1, 0.15) is 23.2 Å². The molecule has 0 aliphatic heterocycles. The SMILES string of the molecule is NCCCC(=O)Nc1ccc(C(=O)O)cc1[N+](=O)[O-]. The summed E-state index contributed by atoms with van der Waals surface area (Å²) in [5.41, 5.74) is 4.54. The van der Waals surface area contributed by atoms with E-state index in [1.165, 1.54) is 12.1 Å². The van der Waals surface area contributed by atoms with Crippen LogP contribution in [0, 0.1) is 10.1 Å². The number of carboxylic acid groups (broad SMARTS) is 1. The molecule has 102 valence electrons. The van der Waals surface area contributed by atoms with E-state index in [9.17, 15) is 19.7 Å². The van der Waals surface area contributed by atoms with Crippen LogP contribution in [-0.4, -0.2) is 28.5 Å². The second-order valence-electron chi connectivity index (χ2n) is 3.73. The van der Waals surface area contributed by atoms with Crippen molar-refractivity contribution in [2.45, 2.75) is 12.8 Å². The van der Waals surface area contributed by atoms with Gasteiger partial charge in [0.05, 0.1) is 10.5 Å². The number of nitro benzene ring substituents is 1. The molecule has 0 atom stereocenters. The topological polar surface area (TPSA) is 136 Å². The Morgan fingerprint density at radius 1 is 1.42 bits per heavy atom. The maximum Gasteiger partial charge on any atom is 0.335 e. The minimum absolute atomic E-state index is 0.0305. The first-order chi connectivity index (χ1) is 8.95. The van der Waals surface area contributed by atoms with Gasteiger partial charge < -0.3 is 16.2 Å². The number of rotatable bonds is 6. The number of nitrogens with zero attached hydrogens (tertiary/aromatic N) is 1. The Bertz CT molecular complexity index is 515. The van der Waals surface area contributed by atoms with Crippen LogP contribution in [0.15, 0.2) is 18.2 Å². The van der Waals surface area contributed by atoms with Gasteiger partial charge in [0.2, 0.25) is 5.91 Å². The van der Waals surface area contributed by atoms with Crippen molar-refractivity contribution < 1.29 is 19.6 Å². The standard InChI is InChI=1S/C11H13N3O5/c12-5-1-2-10(15)13-8-4-3-7(11(16)17)6-9(8)14(18)19/h3-4,6H,1-2,5,12H2,(H,13,15)(H,16,17). The van der Waals surface area contributed by atoms with Crippen LogP contribution in [-0.2, 0) is 4.79 Å². The van der Waals surface area contributed by atoms with Gasteiger partial charge in [-0.25, -0.2) is 4.79 Å². The number of nitrogens with two attached hydrogens (primary N) is 1. The molecule has 8 nitrogen and oxygen atoms in total. The molecule has 0 saturated carbocycles. The zero-order valence-electron chi connectivity index (χ0n) is 9.96. The lowest BCUT2D eigenvalue weighted by molar-refractivity contribution is -0.384. The highest BCUT2D eigenvalue weighted by Gasteiger charge is 2.18. The van der Waals surface area contributed by atoms with E-state index in [1.54, 1.807) is 0 Å². The average molecular weight is 267 g/mol. The second kappa shape index (κ2) is 6.45. The van der Waals surface area contributed by atoms with E-state index in [-0.39, 0.29) is 17.7 Å². The minimum atomic E-state index is -1.27. The summed E-state index contributed by atoms with van der Waals surface area (Å²) < 4.78 is 0. The molecule has 0 saturated heterocycles. The maximum absolute atomic E-state index is 11.5. The number of nitro groups is 1. The average Bonchev–Trinajstić information content (AvgIpc) is 2.36. The lowest BCUT2D eigenvalue weighted by Gasteiger charge is -2.06. The molecule has 1 amide bonds. The van der Waals surface area contributed by atoms with Crippen LogP contribution in [0.4, 0.5) is 11.4 Å². The summed E-state index contributed by atoms with van der Waals surface area (Å²) in [4.78, 5) is 32.3. The Kier molecular flexibility index (Phi) is 4.95. The third-order valence-corrected chi connectivity index (χ3v) is 2.32. The number of aromatic carboxylic acids is 1. The molecule has 0 heterocycles. The molecular formula is C11H13N3O5. The largest absolute Gasteiger partial charge is 0.478 e. The summed E-state index contributed by atoms with van der Waals surface area (Å²) >= 11 is 0. The first-order valence-electron chi connectivity index (χ1n) is 5.47. The third-order valence-electron chi connectivity index (χ3n) is 2.32. The zero-order valence-corrected chi connectivity index (χ0v) is 9.96. The highest BCUT2D eigenvalue weighted by molar-refractivity contribution is 5.95. The van der Waals surface area contributed by atoms with Crippen LogP contribution in [0.5, 0.6) is 0 Å². The molecule has 0 spiro atoms. The molecule has 0 fully saturated rings. The Morgan fingerprint density at radius 2 is 2.11 bits per heavy atom. The summed E-state index contributed by atoms with van der Waals surface area (Å²) in [6.07, 6.45) is 0.612. The molecule has 0 aliphatic carbocycles. The van der Waals surface area contributed by atoms with Gasteiger partial charge in [-0.05, 0) is 25.1 Å². The Hall–Kier alpha value is -2.48. The van der Waals surface area contributed by atoms with Gasteiger partial charge in [-0.1, -0.05) is 0 Å². The summed E-state index contributed by atoms with van der Waals surface area (Å²) in [6.45, 7) is 0.341. The number of hydrogen-bond acceptors (Lipinski definition) is 5. The van der Waals surface area contributed by atoms with Crippen molar-refractivity contribution in [2.75, 3.05) is 11.9 Å². The third kappa shape index (κ3) is 4.03. The van der Waals surface area contributed by atoms with E-state index >= 15 is 0 Å². The van der Waals surface area contributed by atoms with Gasteiger partial charge in [-0.2, -0.15) is 0 Å². The molecule has 0 radical (unpaired) electrons.